The number of hydrogen-bond acceptors (Lipinski definition) is 4. The summed E-state index contributed by atoms with van der Waals surface area (Å²) in [5.41, 5.74) is 56.3. The molecule has 2 N–H and O–H groups in total. The minimum Gasteiger partial charge on any atom is -0.318 e. The molecule has 1 atom stereocenters. The summed E-state index contributed by atoms with van der Waals surface area (Å²) in [6, 6.07) is 92.5. The fraction of sp³-hybridized carbons (Fsp3) is 0.179. The minimum absolute atomic E-state index is 0.0158. The molecule has 6 aliphatic heterocycles. The second-order valence-electron chi connectivity index (χ2n) is 32.2. The molecule has 0 radical (unpaired) electrons. The SMILES string of the molecule is Cc1ccc(N2c3ccc(C)cc3B3c4ccc(-c5cc(-c6ccc7c(c6)C(C)(C)c6c(C)ccc8c6B7c6cc(C)ccc6N8c6ccc(C)cc6)cc(-c6ccc7c(c6)C(C)(N)c6c(C)ccc8c6B7c6cc(C)ccc6N8c6ccc(C)cc6)c5)cc4C(C)(C)c4c(C)ccc2c43)cc1. The minimum atomic E-state index is -0.824. The third kappa shape index (κ3) is 8.89. The van der Waals surface area contributed by atoms with Crippen molar-refractivity contribution in [2.45, 2.75) is 113 Å². The van der Waals surface area contributed by atoms with Gasteiger partial charge in [-0.25, -0.2) is 0 Å². The predicted molar refractivity (Wildman–Crippen MR) is 438 cm³/mol. The van der Waals surface area contributed by atoms with Crippen LogP contribution in [0.3, 0.4) is 0 Å². The highest BCUT2D eigenvalue weighted by Crippen LogP contribution is 2.50. The summed E-state index contributed by atoms with van der Waals surface area (Å²) in [5.74, 6) is 0. The van der Waals surface area contributed by atoms with Crippen molar-refractivity contribution in [3.8, 4) is 33.4 Å². The van der Waals surface area contributed by atoms with Gasteiger partial charge in [0.1, 0.15) is 0 Å². The van der Waals surface area contributed by atoms with Crippen LogP contribution in [0.5, 0.6) is 0 Å². The van der Waals surface area contributed by atoms with Gasteiger partial charge in [0.25, 0.3) is 0 Å². The number of hydrogen-bond donors (Lipinski definition) is 1. The van der Waals surface area contributed by atoms with E-state index in [0.717, 1.165) is 16.8 Å². The van der Waals surface area contributed by atoms with Gasteiger partial charge in [-0.2, -0.15) is 0 Å². The number of rotatable bonds is 6. The molecule has 102 heavy (non-hydrogen) atoms. The molecule has 0 aliphatic carbocycles. The normalized spacial score (nSPS) is 16.3. The Morgan fingerprint density at radius 3 is 0.853 bits per heavy atom. The largest absolute Gasteiger partial charge is 0.318 e. The van der Waals surface area contributed by atoms with E-state index in [1.807, 2.05) is 0 Å². The van der Waals surface area contributed by atoms with Gasteiger partial charge in [0.2, 0.25) is 20.1 Å². The van der Waals surface area contributed by atoms with Gasteiger partial charge in [-0.1, -0.05) is 217 Å². The second-order valence-corrected chi connectivity index (χ2v) is 32.2. The van der Waals surface area contributed by atoms with Crippen molar-refractivity contribution in [2.24, 2.45) is 5.73 Å². The highest BCUT2D eigenvalue weighted by Gasteiger charge is 2.51. The van der Waals surface area contributed by atoms with Gasteiger partial charge in [-0.05, 0) is 283 Å². The quantitative estimate of drug-likeness (QED) is 0.168. The maximum atomic E-state index is 8.13. The van der Waals surface area contributed by atoms with Crippen molar-refractivity contribution in [1.82, 2.24) is 0 Å². The fourth-order valence-corrected chi connectivity index (χ4v) is 20.1. The zero-order chi connectivity index (χ0) is 70.1. The lowest BCUT2D eigenvalue weighted by Crippen LogP contribution is -2.66. The van der Waals surface area contributed by atoms with E-state index in [0.29, 0.717) is 0 Å². The molecule has 13 aromatic rings. The number of anilines is 9. The molecule has 13 aromatic carbocycles. The monoisotopic (exact) mass is 1310 g/mol. The summed E-state index contributed by atoms with van der Waals surface area (Å²) >= 11 is 0. The predicted octanol–water partition coefficient (Wildman–Crippen LogP) is 17.2. The highest BCUT2D eigenvalue weighted by molar-refractivity contribution is 7.00. The molecule has 0 spiro atoms. The maximum absolute atomic E-state index is 8.13. The van der Waals surface area contributed by atoms with Crippen molar-refractivity contribution in [2.75, 3.05) is 14.7 Å². The Kier molecular flexibility index (Phi) is 13.4. The Balaban J connectivity index is 0.812. The molecule has 0 amide bonds. The average Bonchev–Trinajstić information content (AvgIpc) is 0.703. The molecular weight excluding hydrogens is 1230 g/mol. The van der Waals surface area contributed by atoms with Crippen LogP contribution >= 0.6 is 0 Å². The molecule has 492 valence electrons. The van der Waals surface area contributed by atoms with Gasteiger partial charge in [0, 0.05) is 62.0 Å². The first-order chi connectivity index (χ1) is 49.0. The van der Waals surface area contributed by atoms with E-state index in [2.05, 4.69) is 348 Å². The first-order valence-corrected chi connectivity index (χ1v) is 36.8. The molecule has 7 heteroatoms. The summed E-state index contributed by atoms with van der Waals surface area (Å²) in [5, 5.41) is 0. The lowest BCUT2D eigenvalue weighted by atomic mass is 9.30. The molecule has 1 unspecified atom stereocenters. The molecule has 0 fully saturated rings. The lowest BCUT2D eigenvalue weighted by Gasteiger charge is -2.46. The molecule has 4 nitrogen and oxygen atoms in total. The van der Waals surface area contributed by atoms with Gasteiger partial charge in [0.15, 0.2) is 0 Å². The molecular formula is C95H83B3N4. The number of benzene rings is 13. The van der Waals surface area contributed by atoms with Gasteiger partial charge < -0.3 is 20.4 Å². The molecule has 0 bridgehead atoms. The summed E-state index contributed by atoms with van der Waals surface area (Å²) in [7, 11) is 0. The Bertz CT molecular complexity index is 5240. The maximum Gasteiger partial charge on any atom is 0.247 e. The number of nitrogens with two attached hydrogens (primary N) is 1. The van der Waals surface area contributed by atoms with E-state index >= 15 is 0 Å². The Labute approximate surface area is 603 Å². The van der Waals surface area contributed by atoms with Crippen LogP contribution in [0.2, 0.25) is 0 Å². The summed E-state index contributed by atoms with van der Waals surface area (Å²) in [6.07, 6.45) is 0. The standard InChI is InChI=1S/C95H83B3N4/c1-54-15-30-69(31-16-54)100-81-39-21-57(4)45-78(81)96-75-36-27-63(51-72(75)93(10,11)87-60(7)24-42-84(100)90(87)96)66-48-67(64-28-37-76-73(52-64)94(12,13)88-61(8)25-43-85-91(88)97(76)79-46-58(5)22-40-82(79)101(85)70-32-17-55(2)18-33-70)50-68(49-66)65-29-38-77-74(53-65)95(14,99)89-62(9)26-44-86-92(89)98(77)80-47-59(6)23-41-83(80)102(86)71-34-19-56(3)20-35-71/h15-53H,99H2,1-14H3. The van der Waals surface area contributed by atoms with Crippen LogP contribution in [0.15, 0.2) is 237 Å². The van der Waals surface area contributed by atoms with Crippen molar-refractivity contribution in [3.05, 3.63) is 320 Å². The Morgan fingerprint density at radius 1 is 0.245 bits per heavy atom. The lowest BCUT2D eigenvalue weighted by molar-refractivity contribution is 0.604. The van der Waals surface area contributed by atoms with Crippen LogP contribution in [0.1, 0.15) is 118 Å². The average molecular weight is 1310 g/mol. The van der Waals surface area contributed by atoms with E-state index in [4.69, 9.17) is 5.73 Å². The fourth-order valence-electron chi connectivity index (χ4n) is 20.1. The zero-order valence-electron chi connectivity index (χ0n) is 61.2. The molecule has 0 saturated carbocycles. The second kappa shape index (κ2) is 22.0. The first kappa shape index (κ1) is 62.4. The van der Waals surface area contributed by atoms with Gasteiger partial charge in [-0.3, -0.25) is 0 Å². The van der Waals surface area contributed by atoms with E-state index in [9.17, 15) is 0 Å². The van der Waals surface area contributed by atoms with Crippen LogP contribution in [0, 0.1) is 62.3 Å². The van der Waals surface area contributed by atoms with Crippen LogP contribution < -0.4 is 69.6 Å². The first-order valence-electron chi connectivity index (χ1n) is 36.8. The van der Waals surface area contributed by atoms with E-state index < -0.39 is 5.54 Å². The molecule has 0 saturated heterocycles. The third-order valence-corrected chi connectivity index (χ3v) is 24.7. The van der Waals surface area contributed by atoms with Crippen LogP contribution in [0.4, 0.5) is 51.2 Å². The van der Waals surface area contributed by atoms with E-state index in [1.165, 1.54) is 200 Å². The van der Waals surface area contributed by atoms with Crippen LogP contribution in [-0.4, -0.2) is 20.1 Å². The van der Waals surface area contributed by atoms with Crippen molar-refractivity contribution < 1.29 is 0 Å². The Morgan fingerprint density at radius 2 is 0.520 bits per heavy atom. The number of nitrogens with zero attached hydrogens (tertiary/aromatic N) is 3. The van der Waals surface area contributed by atoms with Gasteiger partial charge in [-0.15, -0.1) is 0 Å². The van der Waals surface area contributed by atoms with E-state index in [-0.39, 0.29) is 31.0 Å². The van der Waals surface area contributed by atoms with Crippen LogP contribution in [0.25, 0.3) is 33.4 Å². The molecule has 6 heterocycles. The summed E-state index contributed by atoms with van der Waals surface area (Å²) in [4.78, 5) is 7.53. The molecule has 19 rings (SSSR count). The number of fused-ring (bicyclic) bond motifs is 12. The van der Waals surface area contributed by atoms with Crippen molar-refractivity contribution >= 4 is 120 Å². The number of aryl methyl sites for hydroxylation is 9. The smallest absolute Gasteiger partial charge is 0.247 e. The van der Waals surface area contributed by atoms with Crippen LogP contribution in [-0.2, 0) is 16.4 Å². The van der Waals surface area contributed by atoms with Crippen molar-refractivity contribution in [1.29, 1.82) is 0 Å². The summed E-state index contributed by atoms with van der Waals surface area (Å²) in [6.45, 7) is 32.5. The van der Waals surface area contributed by atoms with E-state index in [1.54, 1.807) is 0 Å². The van der Waals surface area contributed by atoms with Gasteiger partial charge >= 0.3 is 0 Å². The molecule has 0 aromatic heterocycles. The highest BCUT2D eigenvalue weighted by atomic mass is 15.2. The third-order valence-electron chi connectivity index (χ3n) is 24.7. The topological polar surface area (TPSA) is 35.7 Å². The van der Waals surface area contributed by atoms with Gasteiger partial charge in [0.05, 0.1) is 5.54 Å². The van der Waals surface area contributed by atoms with Crippen molar-refractivity contribution in [3.63, 3.8) is 0 Å². The Hall–Kier alpha value is -10.6. The molecule has 6 aliphatic rings. The zero-order valence-corrected chi connectivity index (χ0v) is 61.2. The summed E-state index contributed by atoms with van der Waals surface area (Å²) < 4.78 is 0.